The molecule has 0 spiro atoms. The van der Waals surface area contributed by atoms with Crippen LogP contribution in [0.2, 0.25) is 0 Å². The van der Waals surface area contributed by atoms with Crippen LogP contribution in [0, 0.1) is 0 Å². The van der Waals surface area contributed by atoms with Gasteiger partial charge in [-0.25, -0.2) is 16.7 Å². The standard InChI is InChI=1S/C19H26N2O21S4.Na/c1-11(22)21(18(24)12-5-3-2-4-6-12)9-14(23)20-7-8-37-19-17(42-46(34,35)36)16(41-45(31,32)33)15(40-44(28,29)30)13(39-19)10-38-43(25,26)27;/h2-6,13,15-17,19H,7-10H2,1H3,(H,20,23)(H,25,26,27)(H,28,29,30)(H,31,32,33)(H,34,35,36);/q;+1/t13-,15-,16+,17+,19+;/m1./s1. The summed E-state index contributed by atoms with van der Waals surface area (Å²) in [4.78, 5) is 37.6. The summed E-state index contributed by atoms with van der Waals surface area (Å²) in [5.41, 5.74) is 0.0821. The average Bonchev–Trinajstić information content (AvgIpc) is 2.89. The summed E-state index contributed by atoms with van der Waals surface area (Å²) in [5, 5.41) is 2.21. The molecule has 262 valence electrons. The van der Waals surface area contributed by atoms with Gasteiger partial charge in [0.25, 0.3) is 5.91 Å². The van der Waals surface area contributed by atoms with Crippen molar-refractivity contribution in [3.8, 4) is 0 Å². The van der Waals surface area contributed by atoms with Crippen molar-refractivity contribution in [2.45, 2.75) is 37.6 Å². The number of hydrogen-bond acceptors (Lipinski definition) is 17. The molecule has 23 nitrogen and oxygen atoms in total. The molecule has 0 bridgehead atoms. The first-order chi connectivity index (χ1) is 21.0. The van der Waals surface area contributed by atoms with Crippen molar-refractivity contribution >= 4 is 59.3 Å². The average molecular weight is 770 g/mol. The number of carbonyl (C=O) groups is 3. The van der Waals surface area contributed by atoms with E-state index in [1.54, 1.807) is 6.07 Å². The Morgan fingerprint density at radius 2 is 1.32 bits per heavy atom. The molecule has 28 heteroatoms. The predicted octanol–water partition coefficient (Wildman–Crippen LogP) is -6.08. The van der Waals surface area contributed by atoms with E-state index in [0.29, 0.717) is 4.90 Å². The van der Waals surface area contributed by atoms with Gasteiger partial charge in [0.05, 0.1) is 13.2 Å². The molecular formula is C19H26N2NaO21S4+. The number of benzene rings is 1. The van der Waals surface area contributed by atoms with E-state index in [4.69, 9.17) is 18.6 Å². The smallest absolute Gasteiger partial charge is 0.352 e. The van der Waals surface area contributed by atoms with E-state index in [0.717, 1.165) is 6.92 Å². The minimum Gasteiger partial charge on any atom is -0.352 e. The molecule has 0 saturated carbocycles. The molecule has 0 unspecified atom stereocenters. The number of nitrogens with one attached hydrogen (secondary N) is 1. The second-order valence-electron chi connectivity index (χ2n) is 8.72. The summed E-state index contributed by atoms with van der Waals surface area (Å²) in [5.74, 6) is -2.55. The summed E-state index contributed by atoms with van der Waals surface area (Å²) in [6.07, 6.45) is -12.8. The molecule has 3 amide bonds. The molecule has 0 aliphatic carbocycles. The molecule has 1 aromatic rings. The van der Waals surface area contributed by atoms with Crippen LogP contribution >= 0.6 is 0 Å². The molecule has 1 aliphatic heterocycles. The van der Waals surface area contributed by atoms with Crippen LogP contribution in [-0.4, -0.2) is 132 Å². The maximum atomic E-state index is 12.6. The van der Waals surface area contributed by atoms with Crippen LogP contribution in [0.3, 0.4) is 0 Å². The maximum Gasteiger partial charge on any atom is 1.00 e. The van der Waals surface area contributed by atoms with Crippen LogP contribution in [0.15, 0.2) is 30.3 Å². The van der Waals surface area contributed by atoms with Crippen molar-refractivity contribution in [3.05, 3.63) is 35.9 Å². The van der Waals surface area contributed by atoms with Gasteiger partial charge in [0.15, 0.2) is 12.4 Å². The fourth-order valence-electron chi connectivity index (χ4n) is 3.68. The van der Waals surface area contributed by atoms with E-state index >= 15 is 0 Å². The second-order valence-corrected chi connectivity index (χ2v) is 13.0. The molecule has 2 rings (SSSR count). The van der Waals surface area contributed by atoms with Gasteiger partial charge in [-0.15, -0.1) is 0 Å². The van der Waals surface area contributed by atoms with E-state index in [9.17, 15) is 57.2 Å². The fourth-order valence-corrected chi connectivity index (χ4v) is 5.48. The van der Waals surface area contributed by atoms with Crippen LogP contribution in [0.1, 0.15) is 17.3 Å². The first kappa shape index (κ1) is 43.3. The summed E-state index contributed by atoms with van der Waals surface area (Å²) in [7, 11) is -22.4. The molecule has 0 aromatic heterocycles. The van der Waals surface area contributed by atoms with Crippen LogP contribution in [0.25, 0.3) is 0 Å². The van der Waals surface area contributed by atoms with Gasteiger partial charge in [0, 0.05) is 19.0 Å². The minimum atomic E-state index is -5.72. The van der Waals surface area contributed by atoms with Crippen LogP contribution in [-0.2, 0) is 77.4 Å². The van der Waals surface area contributed by atoms with Gasteiger partial charge in [-0.2, -0.15) is 33.7 Å². The van der Waals surface area contributed by atoms with Crippen molar-refractivity contribution in [3.63, 3.8) is 0 Å². The normalized spacial score (nSPS) is 22.1. The van der Waals surface area contributed by atoms with Gasteiger partial charge in [0.1, 0.15) is 24.9 Å². The van der Waals surface area contributed by atoms with Gasteiger partial charge in [0.2, 0.25) is 11.8 Å². The number of imide groups is 1. The minimum absolute atomic E-state index is 0. The third-order valence-corrected chi connectivity index (χ3v) is 7.15. The number of amides is 3. The largest absolute Gasteiger partial charge is 1.00 e. The molecule has 5 N–H and O–H groups in total. The van der Waals surface area contributed by atoms with E-state index < -0.39 is 116 Å². The van der Waals surface area contributed by atoms with E-state index in [1.807, 2.05) is 0 Å². The van der Waals surface area contributed by atoms with Gasteiger partial charge in [-0.05, 0) is 12.1 Å². The number of carbonyl (C=O) groups excluding carboxylic acids is 3. The number of ether oxygens (including phenoxy) is 2. The molecule has 1 fully saturated rings. The molecule has 1 aliphatic rings. The van der Waals surface area contributed by atoms with E-state index in [2.05, 4.69) is 22.0 Å². The third-order valence-electron chi connectivity index (χ3n) is 5.32. The van der Waals surface area contributed by atoms with Crippen LogP contribution in [0.4, 0.5) is 0 Å². The topological polar surface area (TPSA) is 339 Å². The second kappa shape index (κ2) is 17.8. The Kier molecular flexibility index (Phi) is 16.3. The van der Waals surface area contributed by atoms with Crippen LogP contribution < -0.4 is 34.9 Å². The Morgan fingerprint density at radius 3 is 1.81 bits per heavy atom. The van der Waals surface area contributed by atoms with E-state index in [-0.39, 0.29) is 35.1 Å². The number of rotatable bonds is 16. The Hall–Kier alpha value is -1.77. The van der Waals surface area contributed by atoms with Gasteiger partial charge in [-0.3, -0.25) is 37.5 Å². The van der Waals surface area contributed by atoms with Crippen molar-refractivity contribution < 1.29 is 122 Å². The summed E-state index contributed by atoms with van der Waals surface area (Å²) in [6, 6.07) is 7.40. The quantitative estimate of drug-likeness (QED) is 0.0593. The Labute approximate surface area is 289 Å². The molecular weight excluding hydrogens is 743 g/mol. The maximum absolute atomic E-state index is 12.6. The fraction of sp³-hybridized carbons (Fsp3) is 0.526. The third kappa shape index (κ3) is 16.0. The first-order valence-electron chi connectivity index (χ1n) is 12.0. The van der Waals surface area contributed by atoms with Gasteiger partial charge < -0.3 is 14.8 Å². The van der Waals surface area contributed by atoms with Crippen LogP contribution in [0.5, 0.6) is 0 Å². The molecule has 0 radical (unpaired) electrons. The molecule has 5 atom stereocenters. The van der Waals surface area contributed by atoms with Crippen molar-refractivity contribution in [2.75, 3.05) is 26.3 Å². The van der Waals surface area contributed by atoms with Gasteiger partial charge in [-0.1, -0.05) is 18.2 Å². The zero-order chi connectivity index (χ0) is 35.1. The Balaban J connectivity index is 0.0000110. The van der Waals surface area contributed by atoms with Gasteiger partial charge >= 0.3 is 71.2 Å². The zero-order valence-electron chi connectivity index (χ0n) is 23.9. The number of nitrogens with zero attached hydrogens (tertiary/aromatic N) is 1. The molecule has 47 heavy (non-hydrogen) atoms. The number of hydrogen-bond donors (Lipinski definition) is 5. The summed E-state index contributed by atoms with van der Waals surface area (Å²) >= 11 is 0. The monoisotopic (exact) mass is 769 g/mol. The Bertz CT molecular complexity index is 1690. The van der Waals surface area contributed by atoms with E-state index in [1.165, 1.54) is 24.3 Å². The van der Waals surface area contributed by atoms with Crippen molar-refractivity contribution in [1.29, 1.82) is 0 Å². The van der Waals surface area contributed by atoms with Crippen molar-refractivity contribution in [2.24, 2.45) is 0 Å². The molecule has 1 saturated heterocycles. The SMILES string of the molecule is CC(=O)N(CC(=O)NCCO[C@H]1O[C@H](COS(=O)(=O)O)[C@@H](OS(=O)(=O)O)[C@H](OS(=O)(=O)O)[C@@H]1OS(=O)(=O)O)C(=O)c1ccccc1.[Na+]. The summed E-state index contributed by atoms with van der Waals surface area (Å²) < 4.78 is 154. The first-order valence-corrected chi connectivity index (χ1v) is 17.4. The molecule has 1 aromatic carbocycles. The Morgan fingerprint density at radius 1 is 0.809 bits per heavy atom. The molecule has 1 heterocycles. The predicted molar refractivity (Wildman–Crippen MR) is 143 cm³/mol. The summed E-state index contributed by atoms with van der Waals surface area (Å²) in [6.45, 7) is -2.56. The zero-order valence-corrected chi connectivity index (χ0v) is 29.2. The van der Waals surface area contributed by atoms with Crippen molar-refractivity contribution in [1.82, 2.24) is 10.2 Å².